The molecule has 2 atom stereocenters. The monoisotopic (exact) mass is 474 g/mol. The number of carbonyl (C=O) groups excluding carboxylic acids is 2. The van der Waals surface area contributed by atoms with Gasteiger partial charge in [-0.2, -0.15) is 0 Å². The van der Waals surface area contributed by atoms with Crippen LogP contribution in [0.25, 0.3) is 0 Å². The van der Waals surface area contributed by atoms with Crippen molar-refractivity contribution < 1.29 is 29.0 Å². The molecule has 9 heteroatoms. The Morgan fingerprint density at radius 3 is 2.64 bits per heavy atom. The van der Waals surface area contributed by atoms with Crippen molar-refractivity contribution in [2.45, 2.75) is 36.1 Å². The van der Waals surface area contributed by atoms with Crippen LogP contribution in [0.2, 0.25) is 0 Å². The molecule has 8 nitrogen and oxygen atoms in total. The molecule has 2 N–H and O–H groups in total. The van der Waals surface area contributed by atoms with Crippen LogP contribution in [-0.2, 0) is 19.1 Å². The summed E-state index contributed by atoms with van der Waals surface area (Å²) in [5.41, 5.74) is 1.23. The van der Waals surface area contributed by atoms with E-state index < -0.39 is 0 Å². The Kier molecular flexibility index (Phi) is 10.7. The van der Waals surface area contributed by atoms with Crippen molar-refractivity contribution in [3.8, 4) is 11.5 Å². The fourth-order valence-corrected chi connectivity index (χ4v) is 4.64. The van der Waals surface area contributed by atoms with E-state index in [9.17, 15) is 9.59 Å². The lowest BCUT2D eigenvalue weighted by Gasteiger charge is -2.21. The molecule has 0 bridgehead atoms. The zero-order valence-corrected chi connectivity index (χ0v) is 19.8. The minimum absolute atomic E-state index is 0.0202. The molecule has 0 spiro atoms. The second kappa shape index (κ2) is 13.5. The van der Waals surface area contributed by atoms with E-state index in [1.165, 1.54) is 15.4 Å². The maximum absolute atomic E-state index is 11.6. The van der Waals surface area contributed by atoms with Gasteiger partial charge in [0.05, 0.1) is 22.9 Å². The third kappa shape index (κ3) is 7.80. The molecule has 1 saturated heterocycles. The Morgan fingerprint density at radius 2 is 1.94 bits per heavy atom. The summed E-state index contributed by atoms with van der Waals surface area (Å²) in [6.45, 7) is 5.36. The van der Waals surface area contributed by atoms with Gasteiger partial charge in [0, 0.05) is 25.6 Å². The fraction of sp³-hybridized carbons (Fsp3) is 0.375. The molecule has 33 heavy (non-hydrogen) atoms. The molecule has 0 saturated carbocycles. The molecule has 2 heterocycles. The van der Waals surface area contributed by atoms with E-state index in [1.54, 1.807) is 23.8 Å². The Labute approximate surface area is 198 Å². The lowest BCUT2D eigenvalue weighted by Crippen LogP contribution is -2.40. The van der Waals surface area contributed by atoms with E-state index in [1.807, 2.05) is 25.1 Å². The Morgan fingerprint density at radius 1 is 1.24 bits per heavy atom. The first kappa shape index (κ1) is 26.2. The van der Waals surface area contributed by atoms with Crippen LogP contribution in [0.15, 0.2) is 52.3 Å². The largest absolute Gasteiger partial charge is 0.483 e. The van der Waals surface area contributed by atoms with Gasteiger partial charge in [-0.05, 0) is 50.1 Å². The Balaban J connectivity index is 0.000000209. The van der Waals surface area contributed by atoms with E-state index in [2.05, 4.69) is 36.5 Å². The lowest BCUT2D eigenvalue weighted by atomic mass is 10.1. The van der Waals surface area contributed by atoms with Gasteiger partial charge in [-0.3, -0.25) is 14.4 Å². The van der Waals surface area contributed by atoms with Gasteiger partial charge in [-0.25, -0.2) is 0 Å². The third-order valence-electron chi connectivity index (χ3n) is 5.11. The summed E-state index contributed by atoms with van der Waals surface area (Å²) in [7, 11) is 1.67. The van der Waals surface area contributed by atoms with Gasteiger partial charge in [0.25, 0.3) is 6.47 Å². The summed E-state index contributed by atoms with van der Waals surface area (Å²) in [5, 5.41) is 9.28. The minimum atomic E-state index is -0.250. The molecule has 4 rings (SSSR count). The molecule has 2 unspecified atom stereocenters. The number of amides is 2. The highest BCUT2D eigenvalue weighted by Gasteiger charge is 2.31. The number of carboxylic acid groups (broad SMARTS) is 1. The van der Waals surface area contributed by atoms with Crippen LogP contribution in [0.4, 0.5) is 0 Å². The number of likely N-dealkylation sites (tertiary alicyclic amines) is 1. The highest BCUT2D eigenvalue weighted by molar-refractivity contribution is 7.99. The van der Waals surface area contributed by atoms with E-state index >= 15 is 0 Å². The Bertz CT molecular complexity index is 939. The second-order valence-corrected chi connectivity index (χ2v) is 8.74. The highest BCUT2D eigenvalue weighted by Crippen LogP contribution is 2.46. The van der Waals surface area contributed by atoms with Crippen molar-refractivity contribution in [3.63, 3.8) is 0 Å². The minimum Gasteiger partial charge on any atom is -0.483 e. The lowest BCUT2D eigenvalue weighted by molar-refractivity contribution is -0.132. The molecule has 178 valence electrons. The van der Waals surface area contributed by atoms with Crippen LogP contribution in [0, 0.1) is 12.8 Å². The average molecular weight is 475 g/mol. The van der Waals surface area contributed by atoms with Crippen LogP contribution in [-0.4, -0.2) is 61.6 Å². The highest BCUT2D eigenvalue weighted by atomic mass is 32.2. The summed E-state index contributed by atoms with van der Waals surface area (Å²) in [5.74, 6) is 2.33. The molecule has 1 fully saturated rings. The number of carbonyl (C=O) groups is 3. The maximum Gasteiger partial charge on any atom is 0.290 e. The first-order chi connectivity index (χ1) is 15.9. The molecule has 2 aromatic carbocycles. The number of methoxy groups -OCH3 is 1. The number of aryl methyl sites for hydroxylation is 1. The molecule has 2 aliphatic rings. The second-order valence-electron chi connectivity index (χ2n) is 7.66. The van der Waals surface area contributed by atoms with Crippen molar-refractivity contribution in [3.05, 3.63) is 48.0 Å². The predicted molar refractivity (Wildman–Crippen MR) is 126 cm³/mol. The van der Waals surface area contributed by atoms with Crippen molar-refractivity contribution in [2.24, 2.45) is 5.92 Å². The number of benzene rings is 2. The van der Waals surface area contributed by atoms with Crippen LogP contribution >= 0.6 is 11.8 Å². The normalized spacial score (nSPS) is 17.6. The van der Waals surface area contributed by atoms with E-state index in [0.717, 1.165) is 24.5 Å². The van der Waals surface area contributed by atoms with Crippen LogP contribution < -0.4 is 10.1 Å². The number of ether oxygens (including phenoxy) is 2. The summed E-state index contributed by atoms with van der Waals surface area (Å²) in [6, 6.07) is 14.7. The molecule has 2 amide bonds. The predicted octanol–water partition coefficient (Wildman–Crippen LogP) is 3.57. The van der Waals surface area contributed by atoms with Gasteiger partial charge in [-0.1, -0.05) is 30.0 Å². The van der Waals surface area contributed by atoms with E-state index in [-0.39, 0.29) is 25.0 Å². The summed E-state index contributed by atoms with van der Waals surface area (Å²) in [6.07, 6.45) is 1.52. The third-order valence-corrected chi connectivity index (χ3v) is 6.22. The topological polar surface area (TPSA) is 105 Å². The number of hydrogen-bond acceptors (Lipinski definition) is 6. The summed E-state index contributed by atoms with van der Waals surface area (Å²) < 4.78 is 10.9. The van der Waals surface area contributed by atoms with Gasteiger partial charge in [0.2, 0.25) is 12.3 Å². The van der Waals surface area contributed by atoms with Gasteiger partial charge in [-0.15, -0.1) is 0 Å². The zero-order valence-electron chi connectivity index (χ0n) is 19.0. The van der Waals surface area contributed by atoms with Gasteiger partial charge < -0.3 is 24.8 Å². The first-order valence-electron chi connectivity index (χ1n) is 10.5. The van der Waals surface area contributed by atoms with Gasteiger partial charge in [0.15, 0.2) is 0 Å². The molecule has 0 aliphatic carbocycles. The van der Waals surface area contributed by atoms with Crippen molar-refractivity contribution in [1.29, 1.82) is 0 Å². The fourth-order valence-electron chi connectivity index (χ4n) is 3.71. The summed E-state index contributed by atoms with van der Waals surface area (Å²) in [4.78, 5) is 34.2. The molecular weight excluding hydrogens is 444 g/mol. The van der Waals surface area contributed by atoms with E-state index in [0.29, 0.717) is 18.9 Å². The number of hydrogen-bond donors (Lipinski definition) is 2. The first-order valence-corrected chi connectivity index (χ1v) is 11.3. The molecule has 2 aliphatic heterocycles. The Hall–Kier alpha value is -3.04. The number of nitrogens with zero attached hydrogens (tertiary/aromatic N) is 1. The number of nitrogens with one attached hydrogen (secondary N) is 1. The average Bonchev–Trinajstić information content (AvgIpc) is 3.17. The van der Waals surface area contributed by atoms with Crippen LogP contribution in [0.5, 0.6) is 11.5 Å². The van der Waals surface area contributed by atoms with Crippen LogP contribution in [0.3, 0.4) is 0 Å². The van der Waals surface area contributed by atoms with E-state index in [4.69, 9.17) is 19.4 Å². The molecule has 0 aromatic heterocycles. The van der Waals surface area contributed by atoms with Gasteiger partial charge >= 0.3 is 0 Å². The number of para-hydroxylation sites is 1. The molecule has 2 aromatic rings. The number of fused-ring (bicyclic) bond motifs is 2. The molecular formula is C24H30N2O6S. The van der Waals surface area contributed by atoms with Crippen molar-refractivity contribution >= 4 is 30.6 Å². The van der Waals surface area contributed by atoms with Crippen molar-refractivity contribution in [1.82, 2.24) is 10.2 Å². The SMILES string of the molecule is COCC1CC(C)N(C(=O)CNC=O)C1.Cc1ccc2c(c1)Oc1ccccc1S2.O=CO. The van der Waals surface area contributed by atoms with Crippen molar-refractivity contribution in [2.75, 3.05) is 26.8 Å². The van der Waals surface area contributed by atoms with Gasteiger partial charge in [0.1, 0.15) is 11.5 Å². The van der Waals surface area contributed by atoms with Crippen LogP contribution in [0.1, 0.15) is 18.9 Å². The maximum atomic E-state index is 11.6. The summed E-state index contributed by atoms with van der Waals surface area (Å²) >= 11 is 1.77. The standard InChI is InChI=1S/C13H10OS.C10H18N2O3.CH2O2/c1-9-6-7-13-11(8-9)14-10-4-2-3-5-12(10)15-13;1-8-3-9(6-15-2)5-12(8)10(14)4-11-7-13;2-1-3/h2-8H,1H3;7-9H,3-6H2,1-2H3,(H,11,13);1H,(H,2,3). The zero-order chi connectivity index (χ0) is 24.2. The molecule has 0 radical (unpaired) electrons. The smallest absolute Gasteiger partial charge is 0.290 e. The quantitative estimate of drug-likeness (QED) is 0.545. The number of rotatable bonds is 5.